The highest BCUT2D eigenvalue weighted by Crippen LogP contribution is 2.33. The molecule has 0 saturated carbocycles. The summed E-state index contributed by atoms with van der Waals surface area (Å²) in [4.78, 5) is 0. The zero-order valence-corrected chi connectivity index (χ0v) is 9.81. The van der Waals surface area contributed by atoms with Crippen molar-refractivity contribution < 1.29 is 4.74 Å². The lowest BCUT2D eigenvalue weighted by atomic mass is 10.1. The van der Waals surface area contributed by atoms with Crippen LogP contribution in [0.15, 0.2) is 18.2 Å². The van der Waals surface area contributed by atoms with E-state index in [9.17, 15) is 0 Å². The summed E-state index contributed by atoms with van der Waals surface area (Å²) in [5.41, 5.74) is 0. The first-order valence-corrected chi connectivity index (χ1v) is 5.84. The zero-order valence-electron chi connectivity index (χ0n) is 8.30. The molecule has 4 heteroatoms. The molecular formula is C11H13Cl2NO. The number of ether oxygens (including phenoxy) is 1. The van der Waals surface area contributed by atoms with Crippen LogP contribution in [0.1, 0.15) is 12.8 Å². The van der Waals surface area contributed by atoms with Crippen molar-refractivity contribution in [1.29, 1.82) is 0 Å². The van der Waals surface area contributed by atoms with E-state index < -0.39 is 0 Å². The molecule has 0 aliphatic carbocycles. The van der Waals surface area contributed by atoms with Gasteiger partial charge in [-0.05, 0) is 38.1 Å². The molecule has 1 heterocycles. The molecule has 15 heavy (non-hydrogen) atoms. The Morgan fingerprint density at radius 2 is 1.73 bits per heavy atom. The van der Waals surface area contributed by atoms with Gasteiger partial charge in [0.15, 0.2) is 5.75 Å². The summed E-state index contributed by atoms with van der Waals surface area (Å²) >= 11 is 12.0. The van der Waals surface area contributed by atoms with Crippen molar-refractivity contribution in [2.75, 3.05) is 13.1 Å². The number of hydrogen-bond donors (Lipinski definition) is 1. The molecule has 0 aromatic heterocycles. The highest BCUT2D eigenvalue weighted by atomic mass is 35.5. The summed E-state index contributed by atoms with van der Waals surface area (Å²) in [6.45, 7) is 1.99. The lowest BCUT2D eigenvalue weighted by Gasteiger charge is -2.24. The lowest BCUT2D eigenvalue weighted by Crippen LogP contribution is -2.34. The quantitative estimate of drug-likeness (QED) is 0.865. The van der Waals surface area contributed by atoms with Gasteiger partial charge < -0.3 is 10.1 Å². The number of para-hydroxylation sites is 1. The van der Waals surface area contributed by atoms with Crippen molar-refractivity contribution in [3.63, 3.8) is 0 Å². The molecule has 1 N–H and O–H groups in total. The van der Waals surface area contributed by atoms with Crippen LogP contribution in [0.5, 0.6) is 5.75 Å². The first-order valence-electron chi connectivity index (χ1n) is 5.09. The molecule has 0 radical (unpaired) electrons. The summed E-state index contributed by atoms with van der Waals surface area (Å²) in [5, 5.41) is 4.45. The third-order valence-corrected chi connectivity index (χ3v) is 3.08. The van der Waals surface area contributed by atoms with Crippen LogP contribution < -0.4 is 10.1 Å². The Labute approximate surface area is 99.5 Å². The number of hydrogen-bond acceptors (Lipinski definition) is 2. The first-order chi connectivity index (χ1) is 7.27. The van der Waals surface area contributed by atoms with E-state index in [-0.39, 0.29) is 6.10 Å². The van der Waals surface area contributed by atoms with E-state index in [1.807, 2.05) is 6.07 Å². The van der Waals surface area contributed by atoms with E-state index >= 15 is 0 Å². The Kier molecular flexibility index (Phi) is 3.73. The minimum atomic E-state index is 0.226. The van der Waals surface area contributed by atoms with Crippen LogP contribution in [0.4, 0.5) is 0 Å². The van der Waals surface area contributed by atoms with E-state index in [0.717, 1.165) is 25.9 Å². The number of piperidine rings is 1. The van der Waals surface area contributed by atoms with Gasteiger partial charge >= 0.3 is 0 Å². The molecule has 0 atom stereocenters. The van der Waals surface area contributed by atoms with Crippen molar-refractivity contribution in [2.24, 2.45) is 0 Å². The topological polar surface area (TPSA) is 21.3 Å². The van der Waals surface area contributed by atoms with Crippen molar-refractivity contribution >= 4 is 23.2 Å². The van der Waals surface area contributed by atoms with Gasteiger partial charge in [-0.1, -0.05) is 29.3 Å². The van der Waals surface area contributed by atoms with Crippen LogP contribution >= 0.6 is 23.2 Å². The van der Waals surface area contributed by atoms with Gasteiger partial charge in [0.2, 0.25) is 0 Å². The Bertz CT molecular complexity index is 317. The van der Waals surface area contributed by atoms with Crippen molar-refractivity contribution in [1.82, 2.24) is 5.32 Å². The molecule has 0 unspecified atom stereocenters. The molecule has 1 aliphatic heterocycles. The molecule has 1 aromatic carbocycles. The highest BCUT2D eigenvalue weighted by Gasteiger charge is 2.17. The summed E-state index contributed by atoms with van der Waals surface area (Å²) in [6.07, 6.45) is 2.23. The van der Waals surface area contributed by atoms with Gasteiger partial charge in [-0.15, -0.1) is 0 Å². The highest BCUT2D eigenvalue weighted by molar-refractivity contribution is 6.37. The van der Waals surface area contributed by atoms with Crippen LogP contribution in [-0.2, 0) is 0 Å². The average Bonchev–Trinajstić information content (AvgIpc) is 2.25. The fraction of sp³-hybridized carbons (Fsp3) is 0.455. The van der Waals surface area contributed by atoms with E-state index in [1.54, 1.807) is 12.1 Å². The van der Waals surface area contributed by atoms with E-state index in [4.69, 9.17) is 27.9 Å². The van der Waals surface area contributed by atoms with Crippen molar-refractivity contribution in [2.45, 2.75) is 18.9 Å². The Morgan fingerprint density at radius 1 is 1.13 bits per heavy atom. The van der Waals surface area contributed by atoms with Crippen molar-refractivity contribution in [3.8, 4) is 5.75 Å². The van der Waals surface area contributed by atoms with E-state index in [1.165, 1.54) is 0 Å². The monoisotopic (exact) mass is 245 g/mol. The predicted octanol–water partition coefficient (Wildman–Crippen LogP) is 3.12. The molecule has 1 aromatic rings. The van der Waals surface area contributed by atoms with Gasteiger partial charge in [0.05, 0.1) is 10.0 Å². The SMILES string of the molecule is Clc1cccc(Cl)c1OC1CCNCC1. The zero-order chi connectivity index (χ0) is 10.7. The molecule has 2 rings (SSSR count). The Morgan fingerprint density at radius 3 is 2.33 bits per heavy atom. The summed E-state index contributed by atoms with van der Waals surface area (Å²) < 4.78 is 5.81. The molecule has 2 nitrogen and oxygen atoms in total. The Balaban J connectivity index is 2.09. The second-order valence-electron chi connectivity index (χ2n) is 3.62. The van der Waals surface area contributed by atoms with Gasteiger partial charge in [-0.2, -0.15) is 0 Å². The maximum Gasteiger partial charge on any atom is 0.156 e. The standard InChI is InChI=1S/C11H13Cl2NO/c12-9-2-1-3-10(13)11(9)15-8-4-6-14-7-5-8/h1-3,8,14H,4-7H2. The van der Waals surface area contributed by atoms with Gasteiger partial charge in [0.25, 0.3) is 0 Å². The van der Waals surface area contributed by atoms with Gasteiger partial charge in [0.1, 0.15) is 6.10 Å². The van der Waals surface area contributed by atoms with E-state index in [0.29, 0.717) is 15.8 Å². The average molecular weight is 246 g/mol. The van der Waals surface area contributed by atoms with Crippen molar-refractivity contribution in [3.05, 3.63) is 28.2 Å². The van der Waals surface area contributed by atoms with Crippen LogP contribution in [-0.4, -0.2) is 19.2 Å². The second kappa shape index (κ2) is 5.06. The summed E-state index contributed by atoms with van der Waals surface area (Å²) in [6, 6.07) is 5.41. The number of nitrogens with one attached hydrogen (secondary N) is 1. The molecule has 0 amide bonds. The van der Waals surface area contributed by atoms with Crippen LogP contribution in [0.3, 0.4) is 0 Å². The maximum atomic E-state index is 6.02. The third-order valence-electron chi connectivity index (χ3n) is 2.49. The fourth-order valence-electron chi connectivity index (χ4n) is 1.68. The molecule has 0 spiro atoms. The molecule has 1 fully saturated rings. The first kappa shape index (κ1) is 11.1. The molecular weight excluding hydrogens is 233 g/mol. The summed E-state index contributed by atoms with van der Waals surface area (Å²) in [5.74, 6) is 0.618. The Hall–Kier alpha value is -0.440. The number of benzene rings is 1. The van der Waals surface area contributed by atoms with Gasteiger partial charge in [-0.3, -0.25) is 0 Å². The molecule has 1 aliphatic rings. The predicted molar refractivity (Wildman–Crippen MR) is 63.0 cm³/mol. The summed E-state index contributed by atoms with van der Waals surface area (Å²) in [7, 11) is 0. The smallest absolute Gasteiger partial charge is 0.156 e. The number of rotatable bonds is 2. The van der Waals surface area contributed by atoms with Crippen LogP contribution in [0, 0.1) is 0 Å². The minimum Gasteiger partial charge on any atom is -0.487 e. The molecule has 1 saturated heterocycles. The number of halogens is 2. The third kappa shape index (κ3) is 2.77. The van der Waals surface area contributed by atoms with E-state index in [2.05, 4.69) is 5.32 Å². The second-order valence-corrected chi connectivity index (χ2v) is 4.43. The molecule has 82 valence electrons. The minimum absolute atomic E-state index is 0.226. The fourth-order valence-corrected chi connectivity index (χ4v) is 2.16. The van der Waals surface area contributed by atoms with Crippen LogP contribution in [0.2, 0.25) is 10.0 Å². The normalized spacial score (nSPS) is 17.7. The van der Waals surface area contributed by atoms with Gasteiger partial charge in [0, 0.05) is 0 Å². The van der Waals surface area contributed by atoms with Crippen LogP contribution in [0.25, 0.3) is 0 Å². The molecule has 0 bridgehead atoms. The van der Waals surface area contributed by atoms with Gasteiger partial charge in [-0.25, -0.2) is 0 Å². The lowest BCUT2D eigenvalue weighted by molar-refractivity contribution is 0.163. The largest absolute Gasteiger partial charge is 0.487 e. The maximum absolute atomic E-state index is 6.02.